The van der Waals surface area contributed by atoms with Crippen LogP contribution in [0.4, 0.5) is 0 Å². The van der Waals surface area contributed by atoms with Gasteiger partial charge in [-0.25, -0.2) is 9.98 Å². The Morgan fingerprint density at radius 1 is 0.712 bits per heavy atom. The average molecular weight is 773 g/mol. The molecule has 1 saturated carbocycles. The van der Waals surface area contributed by atoms with E-state index in [1.54, 1.807) is 0 Å². The molecule has 0 amide bonds. The molecule has 293 valence electrons. The average Bonchev–Trinajstić information content (AvgIpc) is 3.84. The molecule has 1 unspecified atom stereocenters. The molecule has 5 aliphatic rings. The number of allylic oxidation sites excluding steroid dienone is 8. The van der Waals surface area contributed by atoms with Gasteiger partial charge in [-0.15, -0.1) is 0 Å². The first-order chi connectivity index (χ1) is 28.9. The van der Waals surface area contributed by atoms with Crippen molar-refractivity contribution in [1.29, 1.82) is 5.41 Å². The van der Waals surface area contributed by atoms with Crippen molar-refractivity contribution in [3.8, 4) is 22.3 Å². The molecule has 6 nitrogen and oxygen atoms in total. The number of hydrogen-bond acceptors (Lipinski definition) is 5. The zero-order valence-electron chi connectivity index (χ0n) is 34.8. The molecule has 59 heavy (non-hydrogen) atoms. The summed E-state index contributed by atoms with van der Waals surface area (Å²) in [5.74, 6) is 1.27. The molecule has 1 radical (unpaired) electrons. The minimum absolute atomic E-state index is 0.171. The lowest BCUT2D eigenvalue weighted by Crippen LogP contribution is -2.34. The normalized spacial score (nSPS) is 19.7. The maximum atomic E-state index is 10.0. The minimum atomic E-state index is -0.171. The van der Waals surface area contributed by atoms with E-state index in [0.717, 1.165) is 48.4 Å². The second-order valence-electron chi connectivity index (χ2n) is 14.6. The van der Waals surface area contributed by atoms with Gasteiger partial charge in [0.1, 0.15) is 11.7 Å². The SMILES string of the molecule is CC.CC.CC1(c2cc(-c3ccccc3)cc(-c3ccccc3)c2)CC1=C1N=C(N=C2c3ccccc3C(=N)N2[B]O)c2ccccc21.CC1=C2C=CC=CC(=CN1)C2. The topological polar surface area (TPSA) is 84.1 Å². The molecule has 0 aromatic heterocycles. The maximum absolute atomic E-state index is 10.0. The van der Waals surface area contributed by atoms with Crippen LogP contribution in [-0.4, -0.2) is 35.0 Å². The number of benzene rings is 5. The van der Waals surface area contributed by atoms with E-state index in [0.29, 0.717) is 11.7 Å². The smallest absolute Gasteiger partial charge is 0.434 e. The van der Waals surface area contributed by atoms with E-state index >= 15 is 0 Å². The number of fused-ring (bicyclic) bond motifs is 4. The quantitative estimate of drug-likeness (QED) is 0.159. The van der Waals surface area contributed by atoms with Crippen LogP contribution in [0.1, 0.15) is 82.2 Å². The van der Waals surface area contributed by atoms with Gasteiger partial charge in [-0.3, -0.25) is 5.41 Å². The zero-order chi connectivity index (χ0) is 41.5. The van der Waals surface area contributed by atoms with Crippen LogP contribution in [0.2, 0.25) is 0 Å². The van der Waals surface area contributed by atoms with Crippen molar-refractivity contribution in [2.75, 3.05) is 0 Å². The highest BCUT2D eigenvalue weighted by Crippen LogP contribution is 2.59. The van der Waals surface area contributed by atoms with Crippen molar-refractivity contribution in [1.82, 2.24) is 10.1 Å². The van der Waals surface area contributed by atoms with Crippen LogP contribution in [-0.2, 0) is 5.41 Å². The molecule has 3 aliphatic heterocycles. The van der Waals surface area contributed by atoms with Gasteiger partial charge in [-0.2, -0.15) is 0 Å². The van der Waals surface area contributed by atoms with E-state index in [4.69, 9.17) is 15.4 Å². The summed E-state index contributed by atoms with van der Waals surface area (Å²) >= 11 is 0. The van der Waals surface area contributed by atoms with E-state index in [9.17, 15) is 5.02 Å². The first-order valence-electron chi connectivity index (χ1n) is 20.6. The first kappa shape index (κ1) is 40.6. The summed E-state index contributed by atoms with van der Waals surface area (Å²) in [6.45, 7) is 12.4. The number of nitrogens with zero attached hydrogens (tertiary/aromatic N) is 3. The molecular formula is C52H51BN5O. The fraction of sp³-hybridized carbons (Fsp3) is 0.173. The highest BCUT2D eigenvalue weighted by Gasteiger charge is 2.49. The van der Waals surface area contributed by atoms with E-state index in [-0.39, 0.29) is 11.3 Å². The monoisotopic (exact) mass is 772 g/mol. The number of dihydropyridines is 1. The van der Waals surface area contributed by atoms with Crippen molar-refractivity contribution in [3.63, 3.8) is 0 Å². The summed E-state index contributed by atoms with van der Waals surface area (Å²) in [6.07, 6.45) is 12.5. The molecule has 0 spiro atoms. The van der Waals surface area contributed by atoms with Crippen LogP contribution in [0.3, 0.4) is 0 Å². The Labute approximate surface area is 350 Å². The van der Waals surface area contributed by atoms with E-state index in [1.807, 2.05) is 70.2 Å². The molecule has 5 aromatic carbocycles. The number of nitrogens with one attached hydrogen (secondary N) is 2. The number of amidine groups is 3. The third-order valence-electron chi connectivity index (χ3n) is 11.1. The summed E-state index contributed by atoms with van der Waals surface area (Å²) in [4.78, 5) is 11.5. The molecule has 1 fully saturated rings. The van der Waals surface area contributed by atoms with Crippen molar-refractivity contribution in [2.45, 2.75) is 59.8 Å². The molecule has 10 rings (SSSR count). The third kappa shape index (κ3) is 8.12. The summed E-state index contributed by atoms with van der Waals surface area (Å²) in [6, 6.07) is 43.9. The van der Waals surface area contributed by atoms with E-state index < -0.39 is 0 Å². The standard InChI is InChI=1S/C38H28BN4O.C10H11N.2C2H6/c1-38(28-21-26(24-12-4-2-5-13-24)20-27(22-28)25-14-6-3-7-15-25)23-33(38)34-29-16-8-10-18-31(29)36(41-34)42-37-32-19-11-9-17-30(32)35(40)43(37)39-44;1-8-10-5-3-2-4-9(6-10)7-11-8;2*1-2/h2-22,40,44H,23H2,1H3;2-5,7,11H,6H2,1H3;2*1-2H3. The van der Waals surface area contributed by atoms with Gasteiger partial charge in [-0.1, -0.05) is 180 Å². The van der Waals surface area contributed by atoms with Gasteiger partial charge in [-0.05, 0) is 63.9 Å². The predicted molar refractivity (Wildman–Crippen MR) is 248 cm³/mol. The Kier molecular flexibility index (Phi) is 12.3. The van der Waals surface area contributed by atoms with Crippen LogP contribution >= 0.6 is 0 Å². The highest BCUT2D eigenvalue weighted by atomic mass is 16.2. The molecule has 2 aliphatic carbocycles. The third-order valence-corrected chi connectivity index (χ3v) is 11.1. The van der Waals surface area contributed by atoms with Gasteiger partial charge < -0.3 is 15.2 Å². The molecule has 7 heteroatoms. The first-order valence-corrected chi connectivity index (χ1v) is 20.6. The van der Waals surface area contributed by atoms with E-state index in [2.05, 4.69) is 135 Å². The minimum Gasteiger partial charge on any atom is -0.434 e. The summed E-state index contributed by atoms with van der Waals surface area (Å²) in [5, 5.41) is 21.8. The van der Waals surface area contributed by atoms with Crippen molar-refractivity contribution < 1.29 is 5.02 Å². The Hall–Kier alpha value is -6.57. The Morgan fingerprint density at radius 2 is 1.27 bits per heavy atom. The van der Waals surface area contributed by atoms with Crippen LogP contribution in [0.5, 0.6) is 0 Å². The summed E-state index contributed by atoms with van der Waals surface area (Å²) in [5.41, 5.74) is 15.7. The van der Waals surface area contributed by atoms with Gasteiger partial charge in [0.15, 0.2) is 5.84 Å². The molecule has 1 atom stereocenters. The second-order valence-corrected chi connectivity index (χ2v) is 14.6. The number of aliphatic imine (C=N–C) groups is 2. The van der Waals surface area contributed by atoms with Crippen LogP contribution in [0.15, 0.2) is 190 Å². The number of hydrogen-bond donors (Lipinski definition) is 3. The Morgan fingerprint density at radius 3 is 1.90 bits per heavy atom. The van der Waals surface area contributed by atoms with E-state index in [1.165, 1.54) is 55.0 Å². The molecule has 2 bridgehead atoms. The summed E-state index contributed by atoms with van der Waals surface area (Å²) in [7, 11) is 0.907. The maximum Gasteiger partial charge on any atom is 0.443 e. The van der Waals surface area contributed by atoms with Gasteiger partial charge in [0, 0.05) is 46.0 Å². The predicted octanol–water partition coefficient (Wildman–Crippen LogP) is 11.8. The van der Waals surface area contributed by atoms with Gasteiger partial charge in [0.25, 0.3) is 0 Å². The van der Waals surface area contributed by atoms with Crippen LogP contribution < -0.4 is 5.32 Å². The van der Waals surface area contributed by atoms with Crippen molar-refractivity contribution in [3.05, 3.63) is 208 Å². The molecule has 3 N–H and O–H groups in total. The summed E-state index contributed by atoms with van der Waals surface area (Å²) < 4.78 is 0. The second kappa shape index (κ2) is 17.9. The van der Waals surface area contributed by atoms with Crippen LogP contribution in [0.25, 0.3) is 28.0 Å². The van der Waals surface area contributed by atoms with Gasteiger partial charge in [0.2, 0.25) is 0 Å². The fourth-order valence-corrected chi connectivity index (χ4v) is 7.81. The van der Waals surface area contributed by atoms with Gasteiger partial charge >= 0.3 is 7.62 Å². The molecule has 3 heterocycles. The fourth-order valence-electron chi connectivity index (χ4n) is 7.81. The van der Waals surface area contributed by atoms with Crippen molar-refractivity contribution in [2.24, 2.45) is 9.98 Å². The lowest BCUT2D eigenvalue weighted by atomic mass is 9.89. The lowest BCUT2D eigenvalue weighted by molar-refractivity contribution is 0.565. The largest absolute Gasteiger partial charge is 0.443 e. The highest BCUT2D eigenvalue weighted by molar-refractivity contribution is 6.45. The lowest BCUT2D eigenvalue weighted by Gasteiger charge is -2.15. The molecule has 5 aromatic rings. The zero-order valence-corrected chi connectivity index (χ0v) is 34.8. The van der Waals surface area contributed by atoms with Crippen LogP contribution in [0, 0.1) is 5.41 Å². The molecular weight excluding hydrogens is 721 g/mol. The number of rotatable bonds is 4. The van der Waals surface area contributed by atoms with Crippen molar-refractivity contribution >= 4 is 30.8 Å². The molecule has 0 saturated heterocycles. The Bertz CT molecular complexity index is 2540. The Balaban J connectivity index is 0.000000299. The van der Waals surface area contributed by atoms with Gasteiger partial charge in [0.05, 0.1) is 5.70 Å².